The molecule has 0 aliphatic rings. The minimum Gasteiger partial charge on any atom is -0.342 e. The first-order valence-corrected chi connectivity index (χ1v) is 6.97. The Labute approximate surface area is 103 Å². The predicted octanol–water partition coefficient (Wildman–Crippen LogP) is 1.73. The van der Waals surface area contributed by atoms with Crippen LogP contribution in [0.1, 0.15) is 12.5 Å². The van der Waals surface area contributed by atoms with E-state index < -0.39 is 14.9 Å². The smallest absolute Gasteiger partial charge is 0.261 e. The van der Waals surface area contributed by atoms with Crippen LogP contribution in [0, 0.1) is 5.82 Å². The molecule has 0 aliphatic carbocycles. The Morgan fingerprint density at radius 2 is 2.06 bits per heavy atom. The SMILES string of the molecule is CC(=O)N(C)Cc1cc(F)ccc1S(=O)(=O)Cl. The van der Waals surface area contributed by atoms with Gasteiger partial charge < -0.3 is 4.90 Å². The highest BCUT2D eigenvalue weighted by Crippen LogP contribution is 2.22. The maximum absolute atomic E-state index is 13.0. The zero-order valence-corrected chi connectivity index (χ0v) is 10.8. The van der Waals surface area contributed by atoms with Gasteiger partial charge in [0.25, 0.3) is 9.05 Å². The second kappa shape index (κ2) is 5.01. The van der Waals surface area contributed by atoms with Crippen molar-refractivity contribution in [2.45, 2.75) is 18.4 Å². The van der Waals surface area contributed by atoms with E-state index >= 15 is 0 Å². The largest absolute Gasteiger partial charge is 0.342 e. The highest BCUT2D eigenvalue weighted by molar-refractivity contribution is 8.13. The van der Waals surface area contributed by atoms with Crippen molar-refractivity contribution in [3.05, 3.63) is 29.6 Å². The molecule has 0 saturated heterocycles. The Hall–Kier alpha value is -1.14. The molecule has 0 spiro atoms. The first-order valence-electron chi connectivity index (χ1n) is 4.66. The van der Waals surface area contributed by atoms with Crippen LogP contribution in [0.2, 0.25) is 0 Å². The fraction of sp³-hybridized carbons (Fsp3) is 0.300. The van der Waals surface area contributed by atoms with Crippen molar-refractivity contribution in [3.63, 3.8) is 0 Å². The van der Waals surface area contributed by atoms with Crippen molar-refractivity contribution in [2.75, 3.05) is 7.05 Å². The summed E-state index contributed by atoms with van der Waals surface area (Å²) < 4.78 is 35.6. The molecule has 0 heterocycles. The van der Waals surface area contributed by atoms with Crippen molar-refractivity contribution in [2.24, 2.45) is 0 Å². The molecule has 0 radical (unpaired) electrons. The van der Waals surface area contributed by atoms with E-state index in [0.717, 1.165) is 18.2 Å². The van der Waals surface area contributed by atoms with Crippen molar-refractivity contribution in [1.82, 2.24) is 4.90 Å². The van der Waals surface area contributed by atoms with E-state index in [0.29, 0.717) is 0 Å². The number of amides is 1. The average Bonchev–Trinajstić information content (AvgIpc) is 2.15. The Bertz CT molecular complexity index is 544. The Morgan fingerprint density at radius 3 is 2.53 bits per heavy atom. The van der Waals surface area contributed by atoms with Crippen LogP contribution in [0.5, 0.6) is 0 Å². The van der Waals surface area contributed by atoms with Gasteiger partial charge in [-0.3, -0.25) is 4.79 Å². The van der Waals surface area contributed by atoms with Gasteiger partial charge in [0.1, 0.15) is 5.82 Å². The number of benzene rings is 1. The number of carbonyl (C=O) groups is 1. The summed E-state index contributed by atoms with van der Waals surface area (Å²) in [7, 11) is 2.76. The predicted molar refractivity (Wildman–Crippen MR) is 61.6 cm³/mol. The number of nitrogens with zero attached hydrogens (tertiary/aromatic N) is 1. The van der Waals surface area contributed by atoms with Crippen LogP contribution in [0.15, 0.2) is 23.1 Å². The summed E-state index contributed by atoms with van der Waals surface area (Å²) in [5.74, 6) is -0.840. The third-order valence-corrected chi connectivity index (χ3v) is 3.65. The molecule has 1 aromatic carbocycles. The zero-order valence-electron chi connectivity index (χ0n) is 9.28. The number of hydrogen-bond donors (Lipinski definition) is 0. The summed E-state index contributed by atoms with van der Waals surface area (Å²) in [5.41, 5.74) is 0.151. The van der Waals surface area contributed by atoms with Gasteiger partial charge in [-0.2, -0.15) is 0 Å². The number of rotatable bonds is 3. The van der Waals surface area contributed by atoms with Gasteiger partial charge in [0.2, 0.25) is 5.91 Å². The van der Waals surface area contributed by atoms with Gasteiger partial charge in [0, 0.05) is 31.2 Å². The molecular formula is C10H11ClFNO3S. The summed E-state index contributed by atoms with van der Waals surface area (Å²) in [6.07, 6.45) is 0. The molecule has 4 nitrogen and oxygen atoms in total. The summed E-state index contributed by atoms with van der Waals surface area (Å²) in [5, 5.41) is 0. The van der Waals surface area contributed by atoms with Crippen LogP contribution in [0.25, 0.3) is 0 Å². The maximum Gasteiger partial charge on any atom is 0.261 e. The van der Waals surface area contributed by atoms with Crippen molar-refractivity contribution >= 4 is 25.6 Å². The molecule has 0 aliphatic heterocycles. The van der Waals surface area contributed by atoms with Gasteiger partial charge >= 0.3 is 0 Å². The van der Waals surface area contributed by atoms with Crippen LogP contribution < -0.4 is 0 Å². The summed E-state index contributed by atoms with van der Waals surface area (Å²) in [6.45, 7) is 1.31. The molecule has 0 N–H and O–H groups in total. The van der Waals surface area contributed by atoms with E-state index in [9.17, 15) is 17.6 Å². The van der Waals surface area contributed by atoms with Gasteiger partial charge in [-0.15, -0.1) is 0 Å². The van der Waals surface area contributed by atoms with Crippen LogP contribution >= 0.6 is 10.7 Å². The molecule has 0 aromatic heterocycles. The van der Waals surface area contributed by atoms with E-state index in [4.69, 9.17) is 10.7 Å². The molecule has 0 fully saturated rings. The number of halogens is 2. The van der Waals surface area contributed by atoms with Crippen molar-refractivity contribution in [1.29, 1.82) is 0 Å². The van der Waals surface area contributed by atoms with Crippen LogP contribution in [-0.2, 0) is 20.4 Å². The highest BCUT2D eigenvalue weighted by Gasteiger charge is 2.18. The topological polar surface area (TPSA) is 54.5 Å². The van der Waals surface area contributed by atoms with Gasteiger partial charge in [-0.1, -0.05) is 0 Å². The molecule has 17 heavy (non-hydrogen) atoms. The third kappa shape index (κ3) is 3.67. The lowest BCUT2D eigenvalue weighted by molar-refractivity contribution is -0.128. The molecule has 0 unspecified atom stereocenters. The van der Waals surface area contributed by atoms with Gasteiger partial charge in [0.05, 0.1) is 4.90 Å². The van der Waals surface area contributed by atoms with Gasteiger partial charge in [-0.05, 0) is 23.8 Å². The van der Waals surface area contributed by atoms with E-state index in [1.807, 2.05) is 0 Å². The fourth-order valence-electron chi connectivity index (χ4n) is 1.28. The van der Waals surface area contributed by atoms with E-state index in [2.05, 4.69) is 0 Å². The molecular weight excluding hydrogens is 269 g/mol. The van der Waals surface area contributed by atoms with E-state index in [-0.39, 0.29) is 22.9 Å². The Morgan fingerprint density at radius 1 is 1.47 bits per heavy atom. The van der Waals surface area contributed by atoms with E-state index in [1.165, 1.54) is 18.9 Å². The third-order valence-electron chi connectivity index (χ3n) is 2.23. The molecule has 0 bridgehead atoms. The Kier molecular flexibility index (Phi) is 4.11. The van der Waals surface area contributed by atoms with Gasteiger partial charge in [-0.25, -0.2) is 12.8 Å². The lowest BCUT2D eigenvalue weighted by Gasteiger charge is -2.16. The van der Waals surface area contributed by atoms with Crippen LogP contribution in [0.3, 0.4) is 0 Å². The van der Waals surface area contributed by atoms with Crippen molar-refractivity contribution < 1.29 is 17.6 Å². The number of hydrogen-bond acceptors (Lipinski definition) is 3. The van der Waals surface area contributed by atoms with Crippen LogP contribution in [0.4, 0.5) is 4.39 Å². The molecule has 1 rings (SSSR count). The lowest BCUT2D eigenvalue weighted by Crippen LogP contribution is -2.24. The minimum atomic E-state index is -3.95. The fourth-order valence-corrected chi connectivity index (χ4v) is 2.40. The summed E-state index contributed by atoms with van der Waals surface area (Å²) in [6, 6.07) is 3.14. The summed E-state index contributed by atoms with van der Waals surface area (Å²) in [4.78, 5) is 12.1. The molecule has 1 amide bonds. The van der Waals surface area contributed by atoms with Crippen LogP contribution in [-0.4, -0.2) is 26.3 Å². The number of carbonyl (C=O) groups excluding carboxylic acids is 1. The second-order valence-electron chi connectivity index (χ2n) is 3.56. The molecule has 0 saturated carbocycles. The first kappa shape index (κ1) is 13.9. The standard InChI is InChI=1S/C10H11ClFNO3S/c1-7(14)13(2)6-8-5-9(12)3-4-10(8)17(11,15)16/h3-5H,6H2,1-2H3. The quantitative estimate of drug-likeness (QED) is 0.792. The Balaban J connectivity index is 3.22. The summed E-state index contributed by atoms with van der Waals surface area (Å²) >= 11 is 0. The normalized spacial score (nSPS) is 11.3. The van der Waals surface area contributed by atoms with Crippen molar-refractivity contribution in [3.8, 4) is 0 Å². The van der Waals surface area contributed by atoms with E-state index in [1.54, 1.807) is 0 Å². The lowest BCUT2D eigenvalue weighted by atomic mass is 10.2. The molecule has 7 heteroatoms. The first-order chi connectivity index (χ1) is 7.71. The zero-order chi connectivity index (χ0) is 13.2. The monoisotopic (exact) mass is 279 g/mol. The maximum atomic E-state index is 13.0. The molecule has 1 aromatic rings. The molecule has 94 valence electrons. The second-order valence-corrected chi connectivity index (χ2v) is 6.10. The highest BCUT2D eigenvalue weighted by atomic mass is 35.7. The average molecular weight is 280 g/mol. The molecule has 0 atom stereocenters. The van der Waals surface area contributed by atoms with Gasteiger partial charge in [0.15, 0.2) is 0 Å². The minimum absolute atomic E-state index is 0.0195.